The minimum absolute atomic E-state index is 0.173. The van der Waals surface area contributed by atoms with Crippen LogP contribution in [0.1, 0.15) is 10.4 Å². The van der Waals surface area contributed by atoms with Crippen LogP contribution in [0.15, 0.2) is 18.2 Å². The van der Waals surface area contributed by atoms with Gasteiger partial charge in [0.1, 0.15) is 5.82 Å². The lowest BCUT2D eigenvalue weighted by molar-refractivity contribution is -0.184. The first-order valence-electron chi connectivity index (χ1n) is 4.33. The maximum absolute atomic E-state index is 12.6. The van der Waals surface area contributed by atoms with Crippen LogP contribution in [0, 0.1) is 5.82 Å². The molecule has 1 aromatic rings. The van der Waals surface area contributed by atoms with E-state index in [4.69, 9.17) is 5.73 Å². The van der Waals surface area contributed by atoms with Gasteiger partial charge in [-0.2, -0.15) is 13.2 Å². The second kappa shape index (κ2) is 5.00. The lowest BCUT2D eigenvalue weighted by Crippen LogP contribution is -2.30. The highest BCUT2D eigenvalue weighted by atomic mass is 19.4. The molecule has 0 saturated carbocycles. The molecule has 8 heteroatoms. The van der Waals surface area contributed by atoms with Crippen LogP contribution in [-0.4, -0.2) is 18.7 Å². The number of alkyl halides is 3. The van der Waals surface area contributed by atoms with Gasteiger partial charge in [-0.25, -0.2) is 9.87 Å². The smallest absolute Gasteiger partial charge is 0.398 e. The molecule has 94 valence electrons. The van der Waals surface area contributed by atoms with Gasteiger partial charge in [0, 0.05) is 5.69 Å². The lowest BCUT2D eigenvalue weighted by atomic mass is 10.2. The summed E-state index contributed by atoms with van der Waals surface area (Å²) in [4.78, 5) is 15.2. The second-order valence-electron chi connectivity index (χ2n) is 3.07. The number of hydrogen-bond donors (Lipinski definition) is 2. The molecule has 0 aliphatic rings. The largest absolute Gasteiger partial charge is 0.414 e. The molecule has 0 aliphatic heterocycles. The summed E-state index contributed by atoms with van der Waals surface area (Å²) < 4.78 is 47.7. The molecule has 0 aliphatic carbocycles. The quantitative estimate of drug-likeness (QED) is 0.488. The summed E-state index contributed by atoms with van der Waals surface area (Å²) >= 11 is 0. The zero-order valence-corrected chi connectivity index (χ0v) is 8.34. The van der Waals surface area contributed by atoms with Crippen LogP contribution in [-0.2, 0) is 4.84 Å². The van der Waals surface area contributed by atoms with Crippen LogP contribution in [0.3, 0.4) is 0 Å². The first-order valence-corrected chi connectivity index (χ1v) is 4.33. The van der Waals surface area contributed by atoms with E-state index >= 15 is 0 Å². The summed E-state index contributed by atoms with van der Waals surface area (Å²) in [5, 5.41) is 0. The first-order chi connectivity index (χ1) is 7.79. The highest BCUT2D eigenvalue weighted by Gasteiger charge is 2.28. The standard InChI is InChI=1S/C9H8F4N2O2/c10-5-1-2-6(7(14)3-5)8(16)15-17-4-9(11,12)13/h1-3H,4,14H2,(H,15,16). The van der Waals surface area contributed by atoms with E-state index in [0.29, 0.717) is 0 Å². The van der Waals surface area contributed by atoms with Gasteiger partial charge in [0.25, 0.3) is 5.91 Å². The van der Waals surface area contributed by atoms with Crippen molar-refractivity contribution in [3.05, 3.63) is 29.6 Å². The fourth-order valence-corrected chi connectivity index (χ4v) is 0.979. The molecule has 1 aromatic carbocycles. The van der Waals surface area contributed by atoms with Crippen LogP contribution < -0.4 is 11.2 Å². The molecule has 0 spiro atoms. The minimum atomic E-state index is -4.55. The monoisotopic (exact) mass is 252 g/mol. The maximum atomic E-state index is 12.6. The third-order valence-corrected chi connectivity index (χ3v) is 1.66. The van der Waals surface area contributed by atoms with Crippen LogP contribution in [0.2, 0.25) is 0 Å². The van der Waals surface area contributed by atoms with Gasteiger partial charge in [0.15, 0.2) is 6.61 Å². The minimum Gasteiger partial charge on any atom is -0.398 e. The van der Waals surface area contributed by atoms with Gasteiger partial charge in [0.05, 0.1) is 5.56 Å². The molecular formula is C9H8F4N2O2. The third-order valence-electron chi connectivity index (χ3n) is 1.66. The number of hydrogen-bond acceptors (Lipinski definition) is 3. The van der Waals surface area contributed by atoms with Crippen LogP contribution in [0.5, 0.6) is 0 Å². The van der Waals surface area contributed by atoms with Gasteiger partial charge in [0.2, 0.25) is 0 Å². The van der Waals surface area contributed by atoms with Crippen molar-refractivity contribution in [3.63, 3.8) is 0 Å². The Morgan fingerprint density at radius 2 is 2.06 bits per heavy atom. The Bertz CT molecular complexity index is 420. The van der Waals surface area contributed by atoms with E-state index in [9.17, 15) is 22.4 Å². The Morgan fingerprint density at radius 3 is 2.59 bits per heavy atom. The molecule has 3 N–H and O–H groups in total. The van der Waals surface area contributed by atoms with Crippen molar-refractivity contribution < 1.29 is 27.2 Å². The van der Waals surface area contributed by atoms with Gasteiger partial charge >= 0.3 is 6.18 Å². The van der Waals surface area contributed by atoms with Crippen molar-refractivity contribution in [2.24, 2.45) is 0 Å². The Labute approximate surface area is 93.3 Å². The average molecular weight is 252 g/mol. The molecule has 0 aromatic heterocycles. The molecule has 0 heterocycles. The van der Waals surface area contributed by atoms with Crippen molar-refractivity contribution in [2.75, 3.05) is 12.3 Å². The van der Waals surface area contributed by atoms with Crippen molar-refractivity contribution in [1.82, 2.24) is 5.48 Å². The molecule has 0 fully saturated rings. The summed E-state index contributed by atoms with van der Waals surface area (Å²) in [5.74, 6) is -1.64. The average Bonchev–Trinajstić information content (AvgIpc) is 2.15. The SMILES string of the molecule is Nc1cc(F)ccc1C(=O)NOCC(F)(F)F. The number of nitrogens with one attached hydrogen (secondary N) is 1. The molecule has 0 unspecified atom stereocenters. The number of anilines is 1. The summed E-state index contributed by atoms with van der Waals surface area (Å²) in [7, 11) is 0. The zero-order valence-electron chi connectivity index (χ0n) is 8.34. The Hall–Kier alpha value is -1.83. The summed E-state index contributed by atoms with van der Waals surface area (Å²) in [6.07, 6.45) is -4.55. The topological polar surface area (TPSA) is 64.4 Å². The van der Waals surface area contributed by atoms with Crippen LogP contribution in [0.25, 0.3) is 0 Å². The second-order valence-corrected chi connectivity index (χ2v) is 3.07. The molecule has 0 atom stereocenters. The van der Waals surface area contributed by atoms with Crippen molar-refractivity contribution in [3.8, 4) is 0 Å². The van der Waals surface area contributed by atoms with Crippen LogP contribution >= 0.6 is 0 Å². The predicted molar refractivity (Wildman–Crippen MR) is 50.3 cm³/mol. The molecule has 0 radical (unpaired) electrons. The lowest BCUT2D eigenvalue weighted by Gasteiger charge is -2.09. The zero-order chi connectivity index (χ0) is 13.1. The van der Waals surface area contributed by atoms with Crippen LogP contribution in [0.4, 0.5) is 23.2 Å². The number of carbonyl (C=O) groups is 1. The van der Waals surface area contributed by atoms with E-state index < -0.39 is 24.5 Å². The van der Waals surface area contributed by atoms with E-state index in [1.807, 2.05) is 0 Å². The number of hydroxylamine groups is 1. The Balaban J connectivity index is 2.59. The van der Waals surface area contributed by atoms with Gasteiger partial charge in [-0.3, -0.25) is 9.63 Å². The number of nitrogen functional groups attached to an aromatic ring is 1. The Kier molecular flexibility index (Phi) is 3.89. The molecule has 17 heavy (non-hydrogen) atoms. The Morgan fingerprint density at radius 1 is 1.41 bits per heavy atom. The van der Waals surface area contributed by atoms with Gasteiger partial charge in [-0.1, -0.05) is 0 Å². The van der Waals surface area contributed by atoms with E-state index in [0.717, 1.165) is 18.2 Å². The molecule has 1 amide bonds. The van der Waals surface area contributed by atoms with E-state index in [2.05, 4.69) is 4.84 Å². The number of rotatable bonds is 3. The molecule has 1 rings (SSSR count). The normalized spacial score (nSPS) is 11.3. The predicted octanol–water partition coefficient (Wildman–Crippen LogP) is 1.63. The number of carbonyl (C=O) groups excluding carboxylic acids is 1. The number of nitrogens with two attached hydrogens (primary N) is 1. The fourth-order valence-electron chi connectivity index (χ4n) is 0.979. The van der Waals surface area contributed by atoms with Gasteiger partial charge in [-0.15, -0.1) is 0 Å². The van der Waals surface area contributed by atoms with Gasteiger partial charge in [-0.05, 0) is 18.2 Å². The first kappa shape index (κ1) is 13.2. The maximum Gasteiger partial charge on any atom is 0.414 e. The summed E-state index contributed by atoms with van der Waals surface area (Å²) in [5.41, 5.74) is 6.49. The van der Waals surface area contributed by atoms with Crippen molar-refractivity contribution in [1.29, 1.82) is 0 Å². The van der Waals surface area contributed by atoms with Crippen molar-refractivity contribution in [2.45, 2.75) is 6.18 Å². The highest BCUT2D eigenvalue weighted by Crippen LogP contribution is 2.15. The van der Waals surface area contributed by atoms with E-state index in [1.165, 1.54) is 0 Å². The van der Waals surface area contributed by atoms with Crippen molar-refractivity contribution >= 4 is 11.6 Å². The van der Waals surface area contributed by atoms with Gasteiger partial charge < -0.3 is 5.73 Å². The molecule has 0 saturated heterocycles. The summed E-state index contributed by atoms with van der Waals surface area (Å²) in [6.45, 7) is -1.63. The number of amides is 1. The van der Waals surface area contributed by atoms with E-state index in [1.54, 1.807) is 5.48 Å². The molecular weight excluding hydrogens is 244 g/mol. The third kappa shape index (κ3) is 4.27. The fraction of sp³-hybridized carbons (Fsp3) is 0.222. The number of benzene rings is 1. The van der Waals surface area contributed by atoms with E-state index in [-0.39, 0.29) is 11.3 Å². The molecule has 4 nitrogen and oxygen atoms in total. The number of halogens is 4. The summed E-state index contributed by atoms with van der Waals surface area (Å²) in [6, 6.07) is 2.87. The highest BCUT2D eigenvalue weighted by molar-refractivity contribution is 5.98. The molecule has 0 bridgehead atoms.